The topological polar surface area (TPSA) is 61.8 Å². The van der Waals surface area contributed by atoms with Crippen molar-refractivity contribution in [3.05, 3.63) is 0 Å². The molecule has 0 saturated carbocycles. The molecule has 4 atom stereocenters. The third kappa shape index (κ3) is 8.71. The van der Waals surface area contributed by atoms with Crippen molar-refractivity contribution in [1.29, 1.82) is 0 Å². The third-order valence-corrected chi connectivity index (χ3v) is 3.37. The Kier molecular flexibility index (Phi) is 10.0. The van der Waals surface area contributed by atoms with Crippen molar-refractivity contribution in [2.24, 2.45) is 11.8 Å². The van der Waals surface area contributed by atoms with Crippen LogP contribution in [0.1, 0.15) is 54.4 Å². The molecule has 0 aliphatic carbocycles. The summed E-state index contributed by atoms with van der Waals surface area (Å²) in [5, 5.41) is 0. The third-order valence-electron chi connectivity index (χ3n) is 3.37. The summed E-state index contributed by atoms with van der Waals surface area (Å²) in [6.45, 7) is 11.7. The maximum Gasteiger partial charge on any atom is 0.308 e. The van der Waals surface area contributed by atoms with Crippen molar-refractivity contribution < 1.29 is 23.8 Å². The van der Waals surface area contributed by atoms with Crippen molar-refractivity contribution in [3.63, 3.8) is 0 Å². The normalized spacial score (nSPS) is 16.7. The van der Waals surface area contributed by atoms with Crippen molar-refractivity contribution in [3.8, 4) is 0 Å². The van der Waals surface area contributed by atoms with E-state index in [-0.39, 0.29) is 36.0 Å². The van der Waals surface area contributed by atoms with Crippen LogP contribution < -0.4 is 0 Å². The zero-order chi connectivity index (χ0) is 16.4. The number of rotatable bonds is 10. The van der Waals surface area contributed by atoms with Gasteiger partial charge in [0.1, 0.15) is 12.2 Å². The van der Waals surface area contributed by atoms with E-state index in [2.05, 4.69) is 0 Å². The van der Waals surface area contributed by atoms with E-state index in [1.54, 1.807) is 13.8 Å². The van der Waals surface area contributed by atoms with Crippen LogP contribution in [0.4, 0.5) is 0 Å². The maximum absolute atomic E-state index is 11.6. The quantitative estimate of drug-likeness (QED) is 0.581. The van der Waals surface area contributed by atoms with Gasteiger partial charge in [0, 0.05) is 0 Å². The molecule has 0 radical (unpaired) electrons. The molecule has 0 fully saturated rings. The predicted molar refractivity (Wildman–Crippen MR) is 80.8 cm³/mol. The van der Waals surface area contributed by atoms with Crippen molar-refractivity contribution in [1.82, 2.24) is 0 Å². The van der Waals surface area contributed by atoms with Crippen LogP contribution in [0.3, 0.4) is 0 Å². The average molecular weight is 302 g/mol. The maximum atomic E-state index is 11.6. The molecule has 0 aromatic heterocycles. The summed E-state index contributed by atoms with van der Waals surface area (Å²) in [6.07, 6.45) is 0.914. The van der Waals surface area contributed by atoms with Gasteiger partial charge in [-0.1, -0.05) is 27.7 Å². The van der Waals surface area contributed by atoms with Gasteiger partial charge in [-0.3, -0.25) is 9.59 Å². The smallest absolute Gasteiger partial charge is 0.308 e. The molecular weight excluding hydrogens is 272 g/mol. The van der Waals surface area contributed by atoms with Crippen LogP contribution in [0.5, 0.6) is 0 Å². The Morgan fingerprint density at radius 1 is 0.762 bits per heavy atom. The first-order valence-electron chi connectivity index (χ1n) is 7.80. The fourth-order valence-electron chi connectivity index (χ4n) is 1.43. The lowest BCUT2D eigenvalue weighted by atomic mass is 10.1. The SMILES string of the molecule is CCC(C)C(=O)OC(C)COCC(C)OC(=O)C(C)CC. The molecule has 5 heteroatoms. The largest absolute Gasteiger partial charge is 0.460 e. The summed E-state index contributed by atoms with van der Waals surface area (Å²) in [5.41, 5.74) is 0. The molecule has 4 unspecified atom stereocenters. The molecule has 0 amide bonds. The first-order chi connectivity index (χ1) is 9.81. The lowest BCUT2D eigenvalue weighted by Crippen LogP contribution is -2.28. The minimum absolute atomic E-state index is 0.0946. The molecule has 0 bridgehead atoms. The summed E-state index contributed by atoms with van der Waals surface area (Å²) in [7, 11) is 0. The van der Waals surface area contributed by atoms with Gasteiger partial charge in [-0.25, -0.2) is 0 Å². The fraction of sp³-hybridized carbons (Fsp3) is 0.875. The highest BCUT2D eigenvalue weighted by Crippen LogP contribution is 2.08. The molecule has 0 saturated heterocycles. The van der Waals surface area contributed by atoms with E-state index in [1.165, 1.54) is 0 Å². The number of ether oxygens (including phenoxy) is 3. The summed E-state index contributed by atoms with van der Waals surface area (Å²) < 4.78 is 15.9. The van der Waals surface area contributed by atoms with Crippen LogP contribution in [0, 0.1) is 11.8 Å². The average Bonchev–Trinajstić information content (AvgIpc) is 2.44. The molecule has 124 valence electrons. The summed E-state index contributed by atoms with van der Waals surface area (Å²) >= 11 is 0. The number of hydrogen-bond acceptors (Lipinski definition) is 5. The van der Waals surface area contributed by atoms with Crippen LogP contribution in [0.2, 0.25) is 0 Å². The Bertz CT molecular complexity index is 286. The van der Waals surface area contributed by atoms with Crippen LogP contribution in [-0.4, -0.2) is 37.4 Å². The molecule has 21 heavy (non-hydrogen) atoms. The second-order valence-electron chi connectivity index (χ2n) is 5.65. The van der Waals surface area contributed by atoms with Gasteiger partial charge in [0.15, 0.2) is 0 Å². The Labute approximate surface area is 128 Å². The van der Waals surface area contributed by atoms with E-state index >= 15 is 0 Å². The number of carbonyl (C=O) groups is 2. The predicted octanol–water partition coefficient (Wildman–Crippen LogP) is 2.96. The standard InChI is InChI=1S/C16H30O5/c1-7-11(3)15(17)20-13(5)9-19-10-14(6)21-16(18)12(4)8-2/h11-14H,7-10H2,1-6H3. The zero-order valence-corrected chi connectivity index (χ0v) is 14.2. The van der Waals surface area contributed by atoms with Gasteiger partial charge in [-0.15, -0.1) is 0 Å². The molecule has 0 spiro atoms. The van der Waals surface area contributed by atoms with Gasteiger partial charge in [0.2, 0.25) is 0 Å². The van der Waals surface area contributed by atoms with Gasteiger partial charge < -0.3 is 14.2 Å². The molecule has 0 aliphatic rings. The van der Waals surface area contributed by atoms with Gasteiger partial charge >= 0.3 is 11.9 Å². The van der Waals surface area contributed by atoms with E-state index in [1.807, 2.05) is 27.7 Å². The van der Waals surface area contributed by atoms with Crippen molar-refractivity contribution in [2.75, 3.05) is 13.2 Å². The molecule has 0 aromatic carbocycles. The Balaban J connectivity index is 3.87. The van der Waals surface area contributed by atoms with E-state index in [0.717, 1.165) is 12.8 Å². The van der Waals surface area contributed by atoms with Gasteiger partial charge in [0.25, 0.3) is 0 Å². The molecule has 0 heterocycles. The van der Waals surface area contributed by atoms with Gasteiger partial charge in [0.05, 0.1) is 25.0 Å². The van der Waals surface area contributed by atoms with E-state index < -0.39 is 0 Å². The number of hydrogen-bond donors (Lipinski definition) is 0. The van der Waals surface area contributed by atoms with Crippen LogP contribution in [0.15, 0.2) is 0 Å². The second kappa shape index (κ2) is 10.6. The fourth-order valence-corrected chi connectivity index (χ4v) is 1.43. The Hall–Kier alpha value is -1.10. The molecule has 0 rings (SSSR count). The number of esters is 2. The first-order valence-corrected chi connectivity index (χ1v) is 7.80. The minimum Gasteiger partial charge on any atom is -0.460 e. The monoisotopic (exact) mass is 302 g/mol. The zero-order valence-electron chi connectivity index (χ0n) is 14.2. The summed E-state index contributed by atoms with van der Waals surface area (Å²) in [5.74, 6) is -0.597. The van der Waals surface area contributed by atoms with Crippen LogP contribution >= 0.6 is 0 Å². The van der Waals surface area contributed by atoms with Gasteiger partial charge in [-0.2, -0.15) is 0 Å². The first kappa shape index (κ1) is 19.9. The molecule has 0 aromatic rings. The lowest BCUT2D eigenvalue weighted by molar-refractivity contribution is -0.159. The van der Waals surface area contributed by atoms with Gasteiger partial charge in [-0.05, 0) is 26.7 Å². The molecular formula is C16H30O5. The summed E-state index contributed by atoms with van der Waals surface area (Å²) in [4.78, 5) is 23.2. The molecule has 5 nitrogen and oxygen atoms in total. The Morgan fingerprint density at radius 2 is 1.10 bits per heavy atom. The van der Waals surface area contributed by atoms with Crippen LogP contribution in [0.25, 0.3) is 0 Å². The summed E-state index contributed by atoms with van der Waals surface area (Å²) in [6, 6.07) is 0. The minimum atomic E-state index is -0.302. The van der Waals surface area contributed by atoms with Crippen molar-refractivity contribution in [2.45, 2.75) is 66.6 Å². The second-order valence-corrected chi connectivity index (χ2v) is 5.65. The highest BCUT2D eigenvalue weighted by molar-refractivity contribution is 5.72. The van der Waals surface area contributed by atoms with Crippen molar-refractivity contribution >= 4 is 11.9 Å². The highest BCUT2D eigenvalue weighted by Gasteiger charge is 2.18. The van der Waals surface area contributed by atoms with E-state index in [9.17, 15) is 9.59 Å². The number of carbonyl (C=O) groups excluding carboxylic acids is 2. The molecule has 0 N–H and O–H groups in total. The Morgan fingerprint density at radius 3 is 1.38 bits per heavy atom. The lowest BCUT2D eigenvalue weighted by Gasteiger charge is -2.19. The van der Waals surface area contributed by atoms with E-state index in [0.29, 0.717) is 13.2 Å². The highest BCUT2D eigenvalue weighted by atomic mass is 16.6. The van der Waals surface area contributed by atoms with Crippen LogP contribution in [-0.2, 0) is 23.8 Å². The molecule has 0 aliphatic heterocycles. The van der Waals surface area contributed by atoms with E-state index in [4.69, 9.17) is 14.2 Å².